The quantitative estimate of drug-likeness (QED) is 0.582. The summed E-state index contributed by atoms with van der Waals surface area (Å²) < 4.78 is 19.3. The predicted molar refractivity (Wildman–Crippen MR) is 99.4 cm³/mol. The Labute approximate surface area is 156 Å². The fraction of sp³-hybridized carbons (Fsp3) is 0.176. The van der Waals surface area contributed by atoms with Crippen LogP contribution in [0.3, 0.4) is 0 Å². The van der Waals surface area contributed by atoms with E-state index in [9.17, 15) is 4.79 Å². The normalized spacial score (nSPS) is 11.7. The van der Waals surface area contributed by atoms with Gasteiger partial charge in [-0.1, -0.05) is 17.4 Å². The number of fused-ring (bicyclic) bond motifs is 1. The van der Waals surface area contributed by atoms with Crippen molar-refractivity contribution in [2.24, 2.45) is 4.99 Å². The molecule has 0 aliphatic carbocycles. The molecule has 3 aromatic rings. The molecule has 2 heterocycles. The van der Waals surface area contributed by atoms with Gasteiger partial charge in [0, 0.05) is 18.7 Å². The molecule has 2 aromatic heterocycles. The van der Waals surface area contributed by atoms with Gasteiger partial charge in [0.1, 0.15) is 0 Å². The third kappa shape index (κ3) is 3.40. The van der Waals surface area contributed by atoms with E-state index in [1.807, 2.05) is 16.7 Å². The second kappa shape index (κ2) is 7.28. The smallest absolute Gasteiger partial charge is 0.315 e. The number of furan rings is 1. The van der Waals surface area contributed by atoms with Crippen molar-refractivity contribution in [1.29, 1.82) is 0 Å². The molecule has 0 bridgehead atoms. The summed E-state index contributed by atoms with van der Waals surface area (Å²) >= 11 is 4.56. The summed E-state index contributed by atoms with van der Waals surface area (Å²) in [6.45, 7) is 4.28. The number of methoxy groups -OCH3 is 2. The summed E-state index contributed by atoms with van der Waals surface area (Å²) in [5.41, 5.74) is 0.884. The predicted octanol–water partition coefficient (Wildman–Crippen LogP) is 4.00. The number of aromatic nitrogens is 1. The van der Waals surface area contributed by atoms with Crippen LogP contribution < -0.4 is 14.3 Å². The van der Waals surface area contributed by atoms with Crippen molar-refractivity contribution >= 4 is 43.4 Å². The fourth-order valence-corrected chi connectivity index (χ4v) is 3.71. The minimum absolute atomic E-state index is 0.171. The van der Waals surface area contributed by atoms with Crippen LogP contribution in [0.2, 0.25) is 0 Å². The maximum atomic E-state index is 12.3. The van der Waals surface area contributed by atoms with Gasteiger partial charge in [-0.25, -0.2) is 0 Å². The molecular formula is C17H15BrN2O4S. The fourth-order valence-electron chi connectivity index (χ4n) is 2.36. The summed E-state index contributed by atoms with van der Waals surface area (Å²) in [6.07, 6.45) is 1.75. The van der Waals surface area contributed by atoms with E-state index in [4.69, 9.17) is 13.9 Å². The molecule has 0 N–H and O–H groups in total. The van der Waals surface area contributed by atoms with Crippen molar-refractivity contribution in [3.8, 4) is 11.5 Å². The highest BCUT2D eigenvalue weighted by molar-refractivity contribution is 9.10. The van der Waals surface area contributed by atoms with Crippen LogP contribution in [-0.2, 0) is 6.54 Å². The van der Waals surface area contributed by atoms with Crippen molar-refractivity contribution < 1.29 is 18.7 Å². The Morgan fingerprint density at radius 1 is 1.36 bits per heavy atom. The SMILES string of the molecule is C=CCn1c(=NC(=O)c2ccc(Br)o2)sc2cc(OC)c(OC)cc21. The summed E-state index contributed by atoms with van der Waals surface area (Å²) in [6, 6.07) is 6.96. The Bertz CT molecular complexity index is 1020. The number of hydrogen-bond acceptors (Lipinski definition) is 5. The molecule has 25 heavy (non-hydrogen) atoms. The van der Waals surface area contributed by atoms with Gasteiger partial charge in [-0.15, -0.1) is 6.58 Å². The average Bonchev–Trinajstić information content (AvgIpc) is 3.18. The lowest BCUT2D eigenvalue weighted by Gasteiger charge is -2.08. The number of carbonyl (C=O) groups excluding carboxylic acids is 1. The van der Waals surface area contributed by atoms with Crippen LogP contribution in [0, 0.1) is 0 Å². The monoisotopic (exact) mass is 422 g/mol. The molecule has 0 saturated carbocycles. The second-order valence-electron chi connectivity index (χ2n) is 4.98. The van der Waals surface area contributed by atoms with Gasteiger partial charge in [0.05, 0.1) is 24.4 Å². The minimum atomic E-state index is -0.450. The molecule has 0 saturated heterocycles. The topological polar surface area (TPSA) is 66.0 Å². The highest BCUT2D eigenvalue weighted by atomic mass is 79.9. The van der Waals surface area contributed by atoms with Gasteiger partial charge in [0.15, 0.2) is 26.7 Å². The number of benzene rings is 1. The van der Waals surface area contributed by atoms with E-state index >= 15 is 0 Å². The maximum absolute atomic E-state index is 12.3. The lowest BCUT2D eigenvalue weighted by atomic mass is 10.3. The van der Waals surface area contributed by atoms with Crippen LogP contribution in [0.15, 0.2) is 51.0 Å². The van der Waals surface area contributed by atoms with Crippen LogP contribution >= 0.6 is 27.3 Å². The molecule has 0 aliphatic rings. The largest absolute Gasteiger partial charge is 0.493 e. The van der Waals surface area contributed by atoms with E-state index < -0.39 is 5.91 Å². The summed E-state index contributed by atoms with van der Waals surface area (Å²) in [7, 11) is 3.16. The number of amides is 1. The number of allylic oxidation sites excluding steroid dienone is 1. The van der Waals surface area contributed by atoms with E-state index in [1.54, 1.807) is 32.4 Å². The van der Waals surface area contributed by atoms with E-state index in [0.29, 0.717) is 27.5 Å². The van der Waals surface area contributed by atoms with Crippen LogP contribution in [0.5, 0.6) is 11.5 Å². The third-order valence-corrected chi connectivity index (χ3v) is 4.95. The van der Waals surface area contributed by atoms with Gasteiger partial charge >= 0.3 is 5.91 Å². The van der Waals surface area contributed by atoms with Gasteiger partial charge in [-0.3, -0.25) is 4.79 Å². The number of hydrogen-bond donors (Lipinski definition) is 0. The zero-order valence-corrected chi connectivity index (χ0v) is 16.0. The number of halogens is 1. The second-order valence-corrected chi connectivity index (χ2v) is 6.77. The Balaban J connectivity index is 2.19. The zero-order valence-electron chi connectivity index (χ0n) is 13.6. The molecule has 0 fully saturated rings. The Kier molecular flexibility index (Phi) is 5.10. The first-order chi connectivity index (χ1) is 12.1. The van der Waals surface area contributed by atoms with Crippen molar-refractivity contribution in [2.45, 2.75) is 6.54 Å². The first-order valence-corrected chi connectivity index (χ1v) is 8.89. The highest BCUT2D eigenvalue weighted by Crippen LogP contribution is 2.33. The Hall–Kier alpha value is -2.32. The lowest BCUT2D eigenvalue weighted by molar-refractivity contribution is 0.0970. The van der Waals surface area contributed by atoms with Crippen molar-refractivity contribution in [3.05, 3.63) is 52.2 Å². The number of ether oxygens (including phenoxy) is 2. The van der Waals surface area contributed by atoms with E-state index in [-0.39, 0.29) is 5.76 Å². The summed E-state index contributed by atoms with van der Waals surface area (Å²) in [5, 5.41) is 0. The van der Waals surface area contributed by atoms with E-state index in [0.717, 1.165) is 10.2 Å². The van der Waals surface area contributed by atoms with Gasteiger partial charge in [-0.2, -0.15) is 4.99 Å². The third-order valence-electron chi connectivity index (χ3n) is 3.48. The molecule has 0 atom stereocenters. The van der Waals surface area contributed by atoms with Crippen LogP contribution in [-0.4, -0.2) is 24.7 Å². The van der Waals surface area contributed by atoms with Crippen LogP contribution in [0.1, 0.15) is 10.6 Å². The van der Waals surface area contributed by atoms with Gasteiger partial charge < -0.3 is 18.5 Å². The maximum Gasteiger partial charge on any atom is 0.315 e. The van der Waals surface area contributed by atoms with E-state index in [2.05, 4.69) is 27.5 Å². The van der Waals surface area contributed by atoms with Crippen molar-refractivity contribution in [1.82, 2.24) is 4.57 Å². The first kappa shape index (κ1) is 17.5. The average molecular weight is 423 g/mol. The molecule has 0 aliphatic heterocycles. The van der Waals surface area contributed by atoms with E-state index in [1.165, 1.54) is 11.3 Å². The molecule has 8 heteroatoms. The molecular weight excluding hydrogens is 408 g/mol. The van der Waals surface area contributed by atoms with Gasteiger partial charge in [-0.05, 0) is 28.1 Å². The molecule has 0 spiro atoms. The Morgan fingerprint density at radius 2 is 2.08 bits per heavy atom. The molecule has 1 aromatic carbocycles. The summed E-state index contributed by atoms with van der Waals surface area (Å²) in [4.78, 5) is 17.1. The molecule has 1 amide bonds. The summed E-state index contributed by atoms with van der Waals surface area (Å²) in [5.74, 6) is 0.951. The molecule has 0 radical (unpaired) electrons. The van der Waals surface area contributed by atoms with Crippen molar-refractivity contribution in [2.75, 3.05) is 14.2 Å². The standard InChI is InChI=1S/C17H15BrN2O4S/c1-4-7-20-10-8-12(22-2)13(23-3)9-14(10)25-17(20)19-16(21)11-5-6-15(18)24-11/h4-6,8-9H,1,7H2,2-3H3. The Morgan fingerprint density at radius 3 is 2.68 bits per heavy atom. The highest BCUT2D eigenvalue weighted by Gasteiger charge is 2.14. The number of rotatable bonds is 5. The number of nitrogens with zero attached hydrogens (tertiary/aromatic N) is 2. The van der Waals surface area contributed by atoms with Crippen molar-refractivity contribution in [3.63, 3.8) is 0 Å². The molecule has 0 unspecified atom stereocenters. The molecule has 130 valence electrons. The first-order valence-electron chi connectivity index (χ1n) is 7.28. The number of thiazole rings is 1. The molecule has 6 nitrogen and oxygen atoms in total. The van der Waals surface area contributed by atoms with Crippen LogP contribution in [0.4, 0.5) is 0 Å². The van der Waals surface area contributed by atoms with Gasteiger partial charge in [0.2, 0.25) is 0 Å². The lowest BCUT2D eigenvalue weighted by Crippen LogP contribution is -2.16. The zero-order chi connectivity index (χ0) is 18.0. The molecule has 3 rings (SSSR count). The number of carbonyl (C=O) groups is 1. The van der Waals surface area contributed by atoms with Gasteiger partial charge in [0.25, 0.3) is 0 Å². The minimum Gasteiger partial charge on any atom is -0.493 e. The van der Waals surface area contributed by atoms with Crippen LogP contribution in [0.25, 0.3) is 10.2 Å².